The Balaban J connectivity index is 1.91. The predicted octanol–water partition coefficient (Wildman–Crippen LogP) is 1.82. The highest BCUT2D eigenvalue weighted by Crippen LogP contribution is 2.33. The van der Waals surface area contributed by atoms with E-state index in [9.17, 15) is 0 Å². The lowest BCUT2D eigenvalue weighted by Crippen LogP contribution is -2.38. The topological polar surface area (TPSA) is 57.4 Å². The number of pyridine rings is 1. The maximum Gasteiger partial charge on any atom is 0.144 e. The second-order valence-electron chi connectivity index (χ2n) is 4.99. The third kappa shape index (κ3) is 2.28. The van der Waals surface area contributed by atoms with Gasteiger partial charge in [0.15, 0.2) is 0 Å². The summed E-state index contributed by atoms with van der Waals surface area (Å²) in [6.45, 7) is 2.81. The Morgan fingerprint density at radius 1 is 1.15 bits per heavy atom. The summed E-state index contributed by atoms with van der Waals surface area (Å²) < 4.78 is 0. The van der Waals surface area contributed by atoms with Gasteiger partial charge in [-0.25, -0.2) is 10.8 Å². The van der Waals surface area contributed by atoms with Crippen molar-refractivity contribution in [3.05, 3.63) is 48.2 Å². The van der Waals surface area contributed by atoms with Gasteiger partial charge in [-0.2, -0.15) is 0 Å². The van der Waals surface area contributed by atoms with Crippen LogP contribution in [0.2, 0.25) is 0 Å². The summed E-state index contributed by atoms with van der Waals surface area (Å²) in [4.78, 5) is 8.92. The monoisotopic (exact) mass is 269 g/mol. The number of benzene rings is 1. The summed E-state index contributed by atoms with van der Waals surface area (Å²) in [5.74, 6) is 6.27. The van der Waals surface area contributed by atoms with Gasteiger partial charge in [0.05, 0.1) is 11.4 Å². The Hall–Kier alpha value is -2.27. The molecule has 1 aromatic heterocycles. The van der Waals surface area contributed by atoms with Crippen LogP contribution in [0.25, 0.3) is 0 Å². The molecule has 5 nitrogen and oxygen atoms in total. The van der Waals surface area contributed by atoms with E-state index in [-0.39, 0.29) is 0 Å². The average molecular weight is 269 g/mol. The summed E-state index contributed by atoms with van der Waals surface area (Å²) in [6.07, 6.45) is 1.75. The molecule has 3 rings (SSSR count). The van der Waals surface area contributed by atoms with Gasteiger partial charge in [-0.3, -0.25) is 0 Å². The fraction of sp³-hybridized carbons (Fsp3) is 0.267. The number of fused-ring (bicyclic) bond motifs is 1. The van der Waals surface area contributed by atoms with Crippen LogP contribution in [0.15, 0.2) is 42.6 Å². The maximum absolute atomic E-state index is 5.53. The number of nitrogens with zero attached hydrogens (tertiary/aromatic N) is 3. The number of aromatic nitrogens is 1. The van der Waals surface area contributed by atoms with Crippen molar-refractivity contribution >= 4 is 17.2 Å². The molecule has 2 aromatic rings. The van der Waals surface area contributed by atoms with Crippen LogP contribution in [0, 0.1) is 0 Å². The van der Waals surface area contributed by atoms with Crippen LogP contribution < -0.4 is 21.1 Å². The molecule has 0 bridgehead atoms. The SMILES string of the molecule is CN1CCN(Cc2cccnc2NN)c2ccccc21. The molecular formula is C15H19N5. The highest BCUT2D eigenvalue weighted by molar-refractivity contribution is 5.73. The number of anilines is 3. The van der Waals surface area contributed by atoms with E-state index in [1.54, 1.807) is 6.20 Å². The lowest BCUT2D eigenvalue weighted by Gasteiger charge is -2.37. The summed E-state index contributed by atoms with van der Waals surface area (Å²) in [7, 11) is 2.13. The minimum atomic E-state index is 0.740. The van der Waals surface area contributed by atoms with Crippen molar-refractivity contribution in [2.45, 2.75) is 6.54 Å². The van der Waals surface area contributed by atoms with Crippen molar-refractivity contribution in [2.24, 2.45) is 5.84 Å². The predicted molar refractivity (Wildman–Crippen MR) is 82.8 cm³/mol. The largest absolute Gasteiger partial charge is 0.371 e. The molecule has 0 saturated heterocycles. The third-order valence-electron chi connectivity index (χ3n) is 3.73. The molecule has 2 heterocycles. The maximum atomic E-state index is 5.53. The molecule has 0 unspecified atom stereocenters. The first-order valence-corrected chi connectivity index (χ1v) is 6.75. The first kappa shape index (κ1) is 12.7. The average Bonchev–Trinajstić information content (AvgIpc) is 2.51. The van der Waals surface area contributed by atoms with Gasteiger partial charge >= 0.3 is 0 Å². The van der Waals surface area contributed by atoms with Crippen molar-refractivity contribution in [2.75, 3.05) is 35.4 Å². The Labute approximate surface area is 119 Å². The summed E-state index contributed by atoms with van der Waals surface area (Å²) in [5.41, 5.74) is 6.30. The zero-order chi connectivity index (χ0) is 13.9. The minimum absolute atomic E-state index is 0.740. The molecule has 0 fully saturated rings. The van der Waals surface area contributed by atoms with E-state index in [0.29, 0.717) is 0 Å². The Kier molecular flexibility index (Phi) is 3.43. The first-order valence-electron chi connectivity index (χ1n) is 6.75. The molecular weight excluding hydrogens is 250 g/mol. The number of rotatable bonds is 3. The van der Waals surface area contributed by atoms with E-state index in [1.165, 1.54) is 11.4 Å². The number of hydrazine groups is 1. The number of likely N-dealkylation sites (N-methyl/N-ethyl adjacent to an activating group) is 1. The summed E-state index contributed by atoms with van der Waals surface area (Å²) in [6, 6.07) is 12.5. The van der Waals surface area contributed by atoms with E-state index in [2.05, 4.69) is 57.6 Å². The number of nitrogens with two attached hydrogens (primary N) is 1. The first-order chi connectivity index (χ1) is 9.79. The van der Waals surface area contributed by atoms with Crippen molar-refractivity contribution in [1.29, 1.82) is 0 Å². The Morgan fingerprint density at radius 3 is 2.75 bits per heavy atom. The molecule has 0 saturated carbocycles. The third-order valence-corrected chi connectivity index (χ3v) is 3.73. The van der Waals surface area contributed by atoms with Crippen molar-refractivity contribution in [3.8, 4) is 0 Å². The molecule has 1 aliphatic heterocycles. The number of para-hydroxylation sites is 2. The zero-order valence-corrected chi connectivity index (χ0v) is 11.6. The molecule has 104 valence electrons. The number of hydrogen-bond donors (Lipinski definition) is 2. The molecule has 0 aliphatic carbocycles. The van der Waals surface area contributed by atoms with Crippen LogP contribution >= 0.6 is 0 Å². The van der Waals surface area contributed by atoms with Crippen LogP contribution in [0.4, 0.5) is 17.2 Å². The van der Waals surface area contributed by atoms with Crippen molar-refractivity contribution < 1.29 is 0 Å². The molecule has 5 heteroatoms. The van der Waals surface area contributed by atoms with E-state index in [1.807, 2.05) is 6.07 Å². The molecule has 20 heavy (non-hydrogen) atoms. The van der Waals surface area contributed by atoms with Crippen LogP contribution in [0.5, 0.6) is 0 Å². The molecule has 0 radical (unpaired) electrons. The van der Waals surface area contributed by atoms with E-state index in [0.717, 1.165) is 31.0 Å². The van der Waals surface area contributed by atoms with E-state index in [4.69, 9.17) is 5.84 Å². The second-order valence-corrected chi connectivity index (χ2v) is 4.99. The molecule has 1 aliphatic rings. The molecule has 0 spiro atoms. The lowest BCUT2D eigenvalue weighted by molar-refractivity contribution is 0.734. The highest BCUT2D eigenvalue weighted by Gasteiger charge is 2.20. The number of hydrogen-bond acceptors (Lipinski definition) is 5. The van der Waals surface area contributed by atoms with Crippen molar-refractivity contribution in [1.82, 2.24) is 4.98 Å². The fourth-order valence-electron chi connectivity index (χ4n) is 2.63. The van der Waals surface area contributed by atoms with Gasteiger partial charge in [0, 0.05) is 38.4 Å². The van der Waals surface area contributed by atoms with Gasteiger partial charge in [-0.05, 0) is 18.2 Å². The minimum Gasteiger partial charge on any atom is -0.371 e. The van der Waals surface area contributed by atoms with Crippen LogP contribution in [0.1, 0.15) is 5.56 Å². The highest BCUT2D eigenvalue weighted by atomic mass is 15.3. The zero-order valence-electron chi connectivity index (χ0n) is 11.6. The van der Waals surface area contributed by atoms with Gasteiger partial charge in [0.25, 0.3) is 0 Å². The molecule has 0 amide bonds. The van der Waals surface area contributed by atoms with Crippen LogP contribution in [-0.4, -0.2) is 25.1 Å². The van der Waals surface area contributed by atoms with E-state index >= 15 is 0 Å². The van der Waals surface area contributed by atoms with E-state index < -0.39 is 0 Å². The Morgan fingerprint density at radius 2 is 1.95 bits per heavy atom. The quantitative estimate of drug-likeness (QED) is 0.657. The normalized spacial score (nSPS) is 14.1. The van der Waals surface area contributed by atoms with Gasteiger partial charge in [-0.15, -0.1) is 0 Å². The summed E-state index contributed by atoms with van der Waals surface area (Å²) >= 11 is 0. The van der Waals surface area contributed by atoms with Crippen LogP contribution in [-0.2, 0) is 6.54 Å². The smallest absolute Gasteiger partial charge is 0.144 e. The molecule has 0 atom stereocenters. The summed E-state index contributed by atoms with van der Waals surface area (Å²) in [5, 5.41) is 0. The van der Waals surface area contributed by atoms with Crippen LogP contribution in [0.3, 0.4) is 0 Å². The lowest BCUT2D eigenvalue weighted by atomic mass is 10.1. The standard InChI is InChI=1S/C15H19N5/c1-19-9-10-20(14-7-3-2-6-13(14)19)11-12-5-4-8-17-15(12)18-16/h2-8H,9-11,16H2,1H3,(H,17,18). The van der Waals surface area contributed by atoms with Crippen molar-refractivity contribution in [3.63, 3.8) is 0 Å². The molecule has 1 aromatic carbocycles. The van der Waals surface area contributed by atoms with Gasteiger partial charge in [0.1, 0.15) is 5.82 Å². The number of nitrogens with one attached hydrogen (secondary N) is 1. The van der Waals surface area contributed by atoms with Gasteiger partial charge in [0.2, 0.25) is 0 Å². The van der Waals surface area contributed by atoms with Gasteiger partial charge in [-0.1, -0.05) is 18.2 Å². The van der Waals surface area contributed by atoms with Gasteiger partial charge < -0.3 is 15.2 Å². The second kappa shape index (κ2) is 5.38. The molecule has 3 N–H and O–H groups in total. The Bertz CT molecular complexity index is 598. The fourth-order valence-corrected chi connectivity index (χ4v) is 2.63. The number of nitrogen functional groups attached to an aromatic ring is 1.